The number of hydrogen-bond acceptors (Lipinski definition) is 4. The highest BCUT2D eigenvalue weighted by Gasteiger charge is 2.49. The number of rotatable bonds is 3. The summed E-state index contributed by atoms with van der Waals surface area (Å²) < 4.78 is 25.0. The van der Waals surface area contributed by atoms with Gasteiger partial charge in [0.25, 0.3) is 0 Å². The predicted molar refractivity (Wildman–Crippen MR) is 103 cm³/mol. The first-order chi connectivity index (χ1) is 11.3. The molecule has 3 rings (SSSR count). The summed E-state index contributed by atoms with van der Waals surface area (Å²) in [6.07, 6.45) is 1.16. The van der Waals surface area contributed by atoms with E-state index < -0.39 is 9.84 Å². The Morgan fingerprint density at radius 3 is 2.83 bits per heavy atom. The summed E-state index contributed by atoms with van der Waals surface area (Å²) in [5.74, 6) is 0.109. The van der Waals surface area contributed by atoms with Crippen LogP contribution in [0.2, 0.25) is 0 Å². The van der Waals surface area contributed by atoms with E-state index in [1.807, 2.05) is 36.9 Å². The van der Waals surface area contributed by atoms with Crippen molar-refractivity contribution in [3.63, 3.8) is 0 Å². The number of nitrogens with zero attached hydrogens (tertiary/aromatic N) is 2. The fourth-order valence-electron chi connectivity index (χ4n) is 3.02. The van der Waals surface area contributed by atoms with E-state index in [-0.39, 0.29) is 28.7 Å². The molecular weight excluding hydrogens is 412 g/mol. The maximum absolute atomic E-state index is 12.0. The van der Waals surface area contributed by atoms with Crippen molar-refractivity contribution in [1.29, 1.82) is 0 Å². The quantitative estimate of drug-likeness (QED) is 0.736. The summed E-state index contributed by atoms with van der Waals surface area (Å²) in [5.41, 5.74) is 1.94. The van der Waals surface area contributed by atoms with Gasteiger partial charge < -0.3 is 4.90 Å². The number of fused-ring (bicyclic) bond motifs is 1. The number of thioether (sulfide) groups is 1. The fraction of sp³-hybridized carbons (Fsp3) is 0.500. The number of halogens is 1. The van der Waals surface area contributed by atoms with Crippen LogP contribution >= 0.6 is 27.7 Å². The van der Waals surface area contributed by atoms with Crippen LogP contribution in [-0.2, 0) is 14.6 Å². The third kappa shape index (κ3) is 3.55. The molecule has 8 heteroatoms. The molecule has 2 fully saturated rings. The number of amides is 1. The van der Waals surface area contributed by atoms with Crippen molar-refractivity contribution in [1.82, 2.24) is 0 Å². The SMILES string of the molecule is CCCC(=O)N=C1S[C@H]2CS(=O)(=O)C[C@@H]2N1c1ccc(Br)c(C)c1. The second-order valence-corrected chi connectivity index (χ2v) is 10.4. The first-order valence-corrected chi connectivity index (χ1v) is 11.3. The predicted octanol–water partition coefficient (Wildman–Crippen LogP) is 3.16. The number of anilines is 1. The molecule has 2 heterocycles. The molecule has 1 aromatic rings. The van der Waals surface area contributed by atoms with Gasteiger partial charge in [-0.05, 0) is 37.1 Å². The van der Waals surface area contributed by atoms with Crippen LogP contribution in [0.25, 0.3) is 0 Å². The molecule has 2 aliphatic rings. The molecule has 0 unspecified atom stereocenters. The van der Waals surface area contributed by atoms with Crippen molar-refractivity contribution >= 4 is 54.3 Å². The number of aryl methyl sites for hydroxylation is 1. The lowest BCUT2D eigenvalue weighted by Crippen LogP contribution is -2.37. The Morgan fingerprint density at radius 2 is 2.17 bits per heavy atom. The van der Waals surface area contributed by atoms with Gasteiger partial charge in [-0.1, -0.05) is 34.6 Å². The van der Waals surface area contributed by atoms with Crippen molar-refractivity contribution < 1.29 is 13.2 Å². The highest BCUT2D eigenvalue weighted by molar-refractivity contribution is 9.10. The molecule has 1 amide bonds. The van der Waals surface area contributed by atoms with E-state index in [1.54, 1.807) is 0 Å². The van der Waals surface area contributed by atoms with E-state index in [0.29, 0.717) is 11.6 Å². The van der Waals surface area contributed by atoms with Crippen molar-refractivity contribution in [2.75, 3.05) is 16.4 Å². The molecule has 24 heavy (non-hydrogen) atoms. The Hall–Kier alpha value is -0.860. The number of carbonyl (C=O) groups excluding carboxylic acids is 1. The van der Waals surface area contributed by atoms with Crippen LogP contribution in [0.4, 0.5) is 5.69 Å². The largest absolute Gasteiger partial charge is 0.316 e. The zero-order valence-electron chi connectivity index (χ0n) is 13.5. The van der Waals surface area contributed by atoms with Gasteiger partial charge in [0.1, 0.15) is 0 Å². The number of sulfone groups is 1. The van der Waals surface area contributed by atoms with E-state index in [0.717, 1.165) is 22.1 Å². The van der Waals surface area contributed by atoms with Gasteiger partial charge in [-0.2, -0.15) is 4.99 Å². The monoisotopic (exact) mass is 430 g/mol. The molecule has 130 valence electrons. The summed E-state index contributed by atoms with van der Waals surface area (Å²) in [4.78, 5) is 18.2. The molecule has 0 bridgehead atoms. The van der Waals surface area contributed by atoms with Gasteiger partial charge in [0.2, 0.25) is 5.91 Å². The Labute approximate surface area is 155 Å². The third-order valence-electron chi connectivity index (χ3n) is 4.17. The van der Waals surface area contributed by atoms with E-state index in [1.165, 1.54) is 11.8 Å². The smallest absolute Gasteiger partial charge is 0.248 e. The van der Waals surface area contributed by atoms with E-state index >= 15 is 0 Å². The summed E-state index contributed by atoms with van der Waals surface area (Å²) in [5, 5.41) is 0.562. The van der Waals surface area contributed by atoms with Gasteiger partial charge in [-0.15, -0.1) is 0 Å². The van der Waals surface area contributed by atoms with Gasteiger partial charge in [-0.3, -0.25) is 4.79 Å². The molecule has 5 nitrogen and oxygen atoms in total. The topological polar surface area (TPSA) is 66.8 Å². The van der Waals surface area contributed by atoms with Crippen LogP contribution in [0.3, 0.4) is 0 Å². The van der Waals surface area contributed by atoms with Crippen LogP contribution < -0.4 is 4.90 Å². The minimum atomic E-state index is -3.04. The van der Waals surface area contributed by atoms with Crippen molar-refractivity contribution in [3.05, 3.63) is 28.2 Å². The normalized spacial score (nSPS) is 26.8. The summed E-state index contributed by atoms with van der Waals surface area (Å²) in [7, 11) is -3.04. The minimum absolute atomic E-state index is 0.0628. The number of aliphatic imine (C=N–C) groups is 1. The molecule has 0 aromatic heterocycles. The number of amidine groups is 1. The molecule has 2 saturated heterocycles. The summed E-state index contributed by atoms with van der Waals surface area (Å²) in [6, 6.07) is 5.72. The second-order valence-electron chi connectivity index (χ2n) is 6.14. The Bertz CT molecular complexity index is 808. The lowest BCUT2D eigenvalue weighted by atomic mass is 10.1. The first-order valence-electron chi connectivity index (χ1n) is 7.84. The van der Waals surface area contributed by atoms with E-state index in [2.05, 4.69) is 20.9 Å². The third-order valence-corrected chi connectivity index (χ3v) is 8.27. The Kier molecular flexibility index (Phi) is 5.09. The summed E-state index contributed by atoms with van der Waals surface area (Å²) in [6.45, 7) is 3.93. The molecule has 0 N–H and O–H groups in total. The molecular formula is C16H19BrN2O3S2. The highest BCUT2D eigenvalue weighted by Crippen LogP contribution is 2.41. The van der Waals surface area contributed by atoms with E-state index in [4.69, 9.17) is 0 Å². The zero-order chi connectivity index (χ0) is 17.5. The molecule has 0 saturated carbocycles. The Morgan fingerprint density at radius 1 is 1.42 bits per heavy atom. The van der Waals surface area contributed by atoms with Crippen LogP contribution in [0.5, 0.6) is 0 Å². The number of hydrogen-bond donors (Lipinski definition) is 0. The molecule has 2 aliphatic heterocycles. The second kappa shape index (κ2) is 6.80. The van der Waals surface area contributed by atoms with Crippen molar-refractivity contribution in [3.8, 4) is 0 Å². The number of carbonyl (C=O) groups is 1. The van der Waals surface area contributed by atoms with Gasteiger partial charge in [0, 0.05) is 21.8 Å². The van der Waals surface area contributed by atoms with E-state index in [9.17, 15) is 13.2 Å². The maximum atomic E-state index is 12.0. The standard InChI is InChI=1S/C16H19BrN2O3S2/c1-3-4-15(20)18-16-19(11-5-6-12(17)10(2)7-11)13-8-24(21,22)9-14(13)23-16/h5-7,13-14H,3-4,8-9H2,1-2H3/t13-,14-/m0/s1. The zero-order valence-corrected chi connectivity index (χ0v) is 16.7. The Balaban J connectivity index is 2.01. The number of benzene rings is 1. The maximum Gasteiger partial charge on any atom is 0.248 e. The lowest BCUT2D eigenvalue weighted by molar-refractivity contribution is -0.117. The molecule has 0 spiro atoms. The van der Waals surface area contributed by atoms with Crippen LogP contribution in [0.1, 0.15) is 25.3 Å². The molecule has 0 radical (unpaired) electrons. The lowest BCUT2D eigenvalue weighted by Gasteiger charge is -2.25. The highest BCUT2D eigenvalue weighted by atomic mass is 79.9. The fourth-order valence-corrected chi connectivity index (χ4v) is 7.20. The minimum Gasteiger partial charge on any atom is -0.316 e. The summed E-state index contributed by atoms with van der Waals surface area (Å²) >= 11 is 4.90. The average Bonchev–Trinajstić information content (AvgIpc) is 2.93. The van der Waals surface area contributed by atoms with Crippen molar-refractivity contribution in [2.24, 2.45) is 4.99 Å². The molecule has 0 aliphatic carbocycles. The van der Waals surface area contributed by atoms with Gasteiger partial charge in [-0.25, -0.2) is 8.42 Å². The van der Waals surface area contributed by atoms with Crippen LogP contribution in [-0.4, -0.2) is 42.3 Å². The van der Waals surface area contributed by atoms with Crippen LogP contribution in [0.15, 0.2) is 27.7 Å². The van der Waals surface area contributed by atoms with Crippen molar-refractivity contribution in [2.45, 2.75) is 38.0 Å². The average molecular weight is 431 g/mol. The molecule has 1 aromatic carbocycles. The first kappa shape index (κ1) is 17.9. The van der Waals surface area contributed by atoms with Gasteiger partial charge in [0.15, 0.2) is 15.0 Å². The van der Waals surface area contributed by atoms with Gasteiger partial charge in [0.05, 0.1) is 17.5 Å². The van der Waals surface area contributed by atoms with Crippen LogP contribution in [0, 0.1) is 6.92 Å². The van der Waals surface area contributed by atoms with Gasteiger partial charge >= 0.3 is 0 Å². The molecule has 2 atom stereocenters.